The Kier molecular flexibility index (Phi) is 4.15. The molecular weight excluding hydrogens is 296 g/mol. The fourth-order valence-electron chi connectivity index (χ4n) is 1.63. The number of pyridine rings is 1. The summed E-state index contributed by atoms with van der Waals surface area (Å²) < 4.78 is 5.89. The number of amides is 1. The summed E-state index contributed by atoms with van der Waals surface area (Å²) >= 11 is 3.24. The topological polar surface area (TPSA) is 55.1 Å². The molecular formula is C13H13BrN2O2. The van der Waals surface area contributed by atoms with Gasteiger partial charge in [0.25, 0.3) is 5.91 Å². The van der Waals surface area contributed by atoms with Crippen LogP contribution in [0.25, 0.3) is 0 Å². The molecule has 1 atom stereocenters. The average Bonchev–Trinajstić information content (AvgIpc) is 2.81. The number of nitrogens with one attached hydrogen (secondary N) is 1. The van der Waals surface area contributed by atoms with Crippen LogP contribution in [-0.2, 0) is 6.42 Å². The molecule has 5 heteroatoms. The van der Waals surface area contributed by atoms with E-state index in [9.17, 15) is 4.79 Å². The summed E-state index contributed by atoms with van der Waals surface area (Å²) in [6.45, 7) is 1.94. The van der Waals surface area contributed by atoms with Crippen molar-refractivity contribution in [2.75, 3.05) is 0 Å². The van der Waals surface area contributed by atoms with Crippen LogP contribution in [-0.4, -0.2) is 16.9 Å². The lowest BCUT2D eigenvalue weighted by molar-refractivity contribution is 0.0939. The van der Waals surface area contributed by atoms with Gasteiger partial charge in [-0.2, -0.15) is 0 Å². The first kappa shape index (κ1) is 12.8. The fraction of sp³-hybridized carbons (Fsp3) is 0.231. The Morgan fingerprint density at radius 3 is 3.06 bits per heavy atom. The third-order valence-corrected chi connectivity index (χ3v) is 2.89. The van der Waals surface area contributed by atoms with E-state index in [0.29, 0.717) is 16.6 Å². The van der Waals surface area contributed by atoms with E-state index in [2.05, 4.69) is 26.2 Å². The van der Waals surface area contributed by atoms with Crippen molar-refractivity contribution in [3.8, 4) is 0 Å². The number of hydrogen-bond acceptors (Lipinski definition) is 3. The molecule has 2 heterocycles. The molecule has 0 saturated carbocycles. The molecule has 2 aromatic rings. The maximum absolute atomic E-state index is 11.9. The largest absolute Gasteiger partial charge is 0.469 e. The highest BCUT2D eigenvalue weighted by atomic mass is 79.9. The summed E-state index contributed by atoms with van der Waals surface area (Å²) in [5.74, 6) is 0.746. The second kappa shape index (κ2) is 5.82. The van der Waals surface area contributed by atoms with Crippen molar-refractivity contribution in [2.45, 2.75) is 19.4 Å². The molecule has 0 bridgehead atoms. The SMILES string of the molecule is CC(Cc1ccco1)NC(=O)c1ccnc(Br)c1. The predicted molar refractivity (Wildman–Crippen MR) is 71.3 cm³/mol. The maximum Gasteiger partial charge on any atom is 0.251 e. The molecule has 0 aliphatic carbocycles. The molecule has 94 valence electrons. The van der Waals surface area contributed by atoms with Gasteiger partial charge in [0.05, 0.1) is 6.26 Å². The smallest absolute Gasteiger partial charge is 0.251 e. The molecule has 0 aliphatic heterocycles. The van der Waals surface area contributed by atoms with Gasteiger partial charge in [0, 0.05) is 24.2 Å². The van der Waals surface area contributed by atoms with Crippen LogP contribution in [0, 0.1) is 0 Å². The molecule has 2 rings (SSSR count). The molecule has 18 heavy (non-hydrogen) atoms. The van der Waals surface area contributed by atoms with Crippen molar-refractivity contribution >= 4 is 21.8 Å². The van der Waals surface area contributed by atoms with E-state index < -0.39 is 0 Å². The first-order valence-corrected chi connectivity index (χ1v) is 6.39. The Hall–Kier alpha value is -1.62. The van der Waals surface area contributed by atoms with Crippen LogP contribution in [0.15, 0.2) is 45.7 Å². The molecule has 0 spiro atoms. The van der Waals surface area contributed by atoms with Crippen LogP contribution in [0.3, 0.4) is 0 Å². The van der Waals surface area contributed by atoms with E-state index in [1.165, 1.54) is 0 Å². The van der Waals surface area contributed by atoms with E-state index in [1.54, 1.807) is 24.6 Å². The van der Waals surface area contributed by atoms with Crippen LogP contribution in [0.5, 0.6) is 0 Å². The van der Waals surface area contributed by atoms with E-state index in [4.69, 9.17) is 4.42 Å². The molecule has 1 amide bonds. The lowest BCUT2D eigenvalue weighted by Gasteiger charge is -2.12. The van der Waals surface area contributed by atoms with Gasteiger partial charge in [-0.15, -0.1) is 0 Å². The van der Waals surface area contributed by atoms with Crippen LogP contribution < -0.4 is 5.32 Å². The number of furan rings is 1. The van der Waals surface area contributed by atoms with Crippen molar-refractivity contribution in [3.63, 3.8) is 0 Å². The average molecular weight is 309 g/mol. The number of carbonyl (C=O) groups is 1. The van der Waals surface area contributed by atoms with Gasteiger partial charge in [0.2, 0.25) is 0 Å². The summed E-state index contributed by atoms with van der Waals surface area (Å²) in [7, 11) is 0. The minimum atomic E-state index is -0.114. The summed E-state index contributed by atoms with van der Waals surface area (Å²) in [6.07, 6.45) is 3.89. The third-order valence-electron chi connectivity index (χ3n) is 2.45. The highest BCUT2D eigenvalue weighted by Crippen LogP contribution is 2.09. The van der Waals surface area contributed by atoms with E-state index in [-0.39, 0.29) is 11.9 Å². The Labute approximate surface area is 114 Å². The van der Waals surface area contributed by atoms with Crippen LogP contribution in [0.1, 0.15) is 23.0 Å². The lowest BCUT2D eigenvalue weighted by Crippen LogP contribution is -2.34. The Bertz CT molecular complexity index is 526. The Balaban J connectivity index is 1.95. The van der Waals surface area contributed by atoms with Crippen molar-refractivity contribution in [2.24, 2.45) is 0 Å². The number of hydrogen-bond donors (Lipinski definition) is 1. The third kappa shape index (κ3) is 3.43. The normalized spacial score (nSPS) is 12.1. The number of carbonyl (C=O) groups excluding carboxylic acids is 1. The van der Waals surface area contributed by atoms with E-state index in [1.807, 2.05) is 19.1 Å². The Morgan fingerprint density at radius 1 is 1.56 bits per heavy atom. The lowest BCUT2D eigenvalue weighted by atomic mass is 10.1. The van der Waals surface area contributed by atoms with Gasteiger partial charge in [-0.1, -0.05) is 0 Å². The van der Waals surface area contributed by atoms with Crippen LogP contribution in [0.4, 0.5) is 0 Å². The second-order valence-corrected chi connectivity index (χ2v) is 4.84. The predicted octanol–water partition coefficient (Wildman–Crippen LogP) is 2.80. The Morgan fingerprint density at radius 2 is 2.39 bits per heavy atom. The van der Waals surface area contributed by atoms with Gasteiger partial charge >= 0.3 is 0 Å². The minimum absolute atomic E-state index is 0.00981. The van der Waals surface area contributed by atoms with Gasteiger partial charge < -0.3 is 9.73 Å². The van der Waals surface area contributed by atoms with E-state index >= 15 is 0 Å². The number of aromatic nitrogens is 1. The maximum atomic E-state index is 11.9. The van der Waals surface area contributed by atoms with Gasteiger partial charge in [0.15, 0.2) is 0 Å². The van der Waals surface area contributed by atoms with Gasteiger partial charge in [-0.05, 0) is 47.1 Å². The summed E-state index contributed by atoms with van der Waals surface area (Å²) in [5, 5.41) is 2.91. The van der Waals surface area contributed by atoms with Gasteiger partial charge in [-0.3, -0.25) is 4.79 Å². The molecule has 0 saturated heterocycles. The fourth-order valence-corrected chi connectivity index (χ4v) is 2.00. The minimum Gasteiger partial charge on any atom is -0.469 e. The quantitative estimate of drug-likeness (QED) is 0.884. The highest BCUT2D eigenvalue weighted by Gasteiger charge is 2.11. The van der Waals surface area contributed by atoms with Gasteiger partial charge in [0.1, 0.15) is 10.4 Å². The molecule has 1 N–H and O–H groups in total. The molecule has 0 aromatic carbocycles. The van der Waals surface area contributed by atoms with E-state index in [0.717, 1.165) is 5.76 Å². The molecule has 0 aliphatic rings. The number of nitrogens with zero attached hydrogens (tertiary/aromatic N) is 1. The van der Waals surface area contributed by atoms with Crippen molar-refractivity contribution in [3.05, 3.63) is 52.7 Å². The monoisotopic (exact) mass is 308 g/mol. The first-order chi connectivity index (χ1) is 8.65. The van der Waals surface area contributed by atoms with Crippen molar-refractivity contribution < 1.29 is 9.21 Å². The van der Waals surface area contributed by atoms with Gasteiger partial charge in [-0.25, -0.2) is 4.98 Å². The zero-order valence-corrected chi connectivity index (χ0v) is 11.5. The standard InChI is InChI=1S/C13H13BrN2O2/c1-9(7-11-3-2-6-18-11)16-13(17)10-4-5-15-12(14)8-10/h2-6,8-9H,7H2,1H3,(H,16,17). The highest BCUT2D eigenvalue weighted by molar-refractivity contribution is 9.10. The second-order valence-electron chi connectivity index (χ2n) is 4.03. The summed E-state index contributed by atoms with van der Waals surface area (Å²) in [5.41, 5.74) is 0.586. The van der Waals surface area contributed by atoms with Crippen molar-refractivity contribution in [1.29, 1.82) is 0 Å². The molecule has 2 aromatic heterocycles. The summed E-state index contributed by atoms with van der Waals surface area (Å²) in [6, 6.07) is 7.11. The molecule has 4 nitrogen and oxygen atoms in total. The van der Waals surface area contributed by atoms with Crippen molar-refractivity contribution in [1.82, 2.24) is 10.3 Å². The zero-order valence-electron chi connectivity index (χ0n) is 9.89. The number of halogens is 1. The molecule has 0 fully saturated rings. The number of rotatable bonds is 4. The molecule has 1 unspecified atom stereocenters. The zero-order chi connectivity index (χ0) is 13.0. The first-order valence-electron chi connectivity index (χ1n) is 5.60. The van der Waals surface area contributed by atoms with Crippen LogP contribution >= 0.6 is 15.9 Å². The molecule has 0 radical (unpaired) electrons. The van der Waals surface area contributed by atoms with Crippen LogP contribution in [0.2, 0.25) is 0 Å². The summed E-state index contributed by atoms with van der Waals surface area (Å²) in [4.78, 5) is 15.9.